The van der Waals surface area contributed by atoms with Gasteiger partial charge in [0.1, 0.15) is 22.3 Å². The first-order valence-electron chi connectivity index (χ1n) is 20.3. The fourth-order valence-corrected chi connectivity index (χ4v) is 9.14. The number of para-hydroxylation sites is 4. The Bertz CT molecular complexity index is 3160. The Morgan fingerprint density at radius 3 is 1.03 bits per heavy atom. The molecule has 11 aromatic rings. The average Bonchev–Trinajstić information content (AvgIpc) is 3.79. The second kappa shape index (κ2) is 13.4. The minimum Gasteiger partial charge on any atom is -0.456 e. The lowest BCUT2D eigenvalue weighted by molar-refractivity contribution is 0.651. The molecule has 4 nitrogen and oxygen atoms in total. The number of hydrogen-bond donors (Lipinski definition) is 0. The monoisotopic (exact) mass is 762 g/mol. The Morgan fingerprint density at radius 2 is 0.678 bits per heavy atom. The third kappa shape index (κ3) is 5.59. The Balaban J connectivity index is 1.04. The van der Waals surface area contributed by atoms with Crippen molar-refractivity contribution in [2.24, 2.45) is 0 Å². The van der Waals surface area contributed by atoms with E-state index in [1.165, 1.54) is 33.0 Å². The number of nitrogens with zero attached hydrogens (tertiary/aromatic N) is 2. The predicted molar refractivity (Wildman–Crippen MR) is 249 cm³/mol. The SMILES string of the molecule is Cc1ccccc1N(c1ccc2cc3c(cc2c1)oc1c(C)c2oc4cc5cc(N(c6ccccc6C)c6ccccc6C)ccc5cc4c2cc13)c1ccccc1C. The summed E-state index contributed by atoms with van der Waals surface area (Å²) in [5.41, 5.74) is 16.2. The third-order valence-corrected chi connectivity index (χ3v) is 12.2. The summed E-state index contributed by atoms with van der Waals surface area (Å²) in [5.74, 6) is 0. The fourth-order valence-electron chi connectivity index (χ4n) is 9.14. The first-order chi connectivity index (χ1) is 28.8. The maximum absolute atomic E-state index is 6.75. The normalized spacial score (nSPS) is 11.8. The van der Waals surface area contributed by atoms with E-state index in [4.69, 9.17) is 8.83 Å². The van der Waals surface area contributed by atoms with Crippen LogP contribution < -0.4 is 9.80 Å². The lowest BCUT2D eigenvalue weighted by Gasteiger charge is -2.28. The first kappa shape index (κ1) is 34.9. The van der Waals surface area contributed by atoms with Crippen LogP contribution in [0, 0.1) is 34.6 Å². The fraction of sp³-hybridized carbons (Fsp3) is 0.0909. The number of anilines is 6. The van der Waals surface area contributed by atoms with Crippen molar-refractivity contribution in [1.29, 1.82) is 0 Å². The second-order valence-corrected chi connectivity index (χ2v) is 16.0. The first-order valence-corrected chi connectivity index (χ1v) is 20.3. The number of fused-ring (bicyclic) bond motifs is 8. The highest BCUT2D eigenvalue weighted by Gasteiger charge is 2.22. The van der Waals surface area contributed by atoms with E-state index in [0.29, 0.717) is 0 Å². The van der Waals surface area contributed by atoms with Crippen LogP contribution in [0.1, 0.15) is 27.8 Å². The molecular weight excluding hydrogens is 721 g/mol. The molecule has 284 valence electrons. The molecule has 0 N–H and O–H groups in total. The van der Waals surface area contributed by atoms with Crippen LogP contribution in [0.25, 0.3) is 65.4 Å². The molecule has 59 heavy (non-hydrogen) atoms. The van der Waals surface area contributed by atoms with E-state index in [2.05, 4.69) is 208 Å². The second-order valence-electron chi connectivity index (χ2n) is 16.0. The van der Waals surface area contributed by atoms with Crippen molar-refractivity contribution in [2.45, 2.75) is 34.6 Å². The average molecular weight is 763 g/mol. The van der Waals surface area contributed by atoms with Gasteiger partial charge in [0.05, 0.1) is 0 Å². The number of furan rings is 2. The number of aryl methyl sites for hydroxylation is 5. The summed E-state index contributed by atoms with van der Waals surface area (Å²) in [6, 6.07) is 59.1. The molecule has 11 rings (SSSR count). The van der Waals surface area contributed by atoms with Gasteiger partial charge in [-0.05, 0) is 157 Å². The molecule has 0 spiro atoms. The molecule has 4 heteroatoms. The summed E-state index contributed by atoms with van der Waals surface area (Å²) in [4.78, 5) is 4.73. The minimum absolute atomic E-state index is 0.863. The number of hydrogen-bond acceptors (Lipinski definition) is 4. The summed E-state index contributed by atoms with van der Waals surface area (Å²) in [6.07, 6.45) is 0. The summed E-state index contributed by atoms with van der Waals surface area (Å²) >= 11 is 0. The topological polar surface area (TPSA) is 32.8 Å². The molecular formula is C55H42N2O2. The van der Waals surface area contributed by atoms with Crippen molar-refractivity contribution in [2.75, 3.05) is 9.80 Å². The summed E-state index contributed by atoms with van der Waals surface area (Å²) < 4.78 is 13.5. The van der Waals surface area contributed by atoms with E-state index in [-0.39, 0.29) is 0 Å². The molecule has 0 aliphatic carbocycles. The zero-order valence-corrected chi connectivity index (χ0v) is 33.8. The van der Waals surface area contributed by atoms with Gasteiger partial charge < -0.3 is 18.6 Å². The Kier molecular flexibility index (Phi) is 7.92. The zero-order valence-electron chi connectivity index (χ0n) is 33.8. The van der Waals surface area contributed by atoms with Gasteiger partial charge in [-0.3, -0.25) is 0 Å². The summed E-state index contributed by atoms with van der Waals surface area (Å²) in [6.45, 7) is 10.8. The smallest absolute Gasteiger partial charge is 0.142 e. The molecule has 0 amide bonds. The van der Waals surface area contributed by atoms with Gasteiger partial charge in [-0.1, -0.05) is 84.9 Å². The van der Waals surface area contributed by atoms with Gasteiger partial charge in [0.15, 0.2) is 0 Å². The molecule has 2 aromatic heterocycles. The summed E-state index contributed by atoms with van der Waals surface area (Å²) in [5, 5.41) is 9.00. The van der Waals surface area contributed by atoms with Crippen LogP contribution in [-0.2, 0) is 0 Å². The van der Waals surface area contributed by atoms with E-state index < -0.39 is 0 Å². The molecule has 0 aliphatic heterocycles. The number of rotatable bonds is 6. The highest BCUT2D eigenvalue weighted by atomic mass is 16.3. The highest BCUT2D eigenvalue weighted by Crippen LogP contribution is 2.45. The third-order valence-electron chi connectivity index (χ3n) is 12.2. The molecule has 0 saturated heterocycles. The van der Waals surface area contributed by atoms with Gasteiger partial charge in [0, 0.05) is 61.2 Å². The number of benzene rings is 9. The molecule has 9 aromatic carbocycles. The Hall–Kier alpha value is -7.30. The van der Waals surface area contributed by atoms with Crippen molar-refractivity contribution < 1.29 is 8.83 Å². The van der Waals surface area contributed by atoms with E-state index in [1.807, 2.05) is 0 Å². The van der Waals surface area contributed by atoms with Crippen molar-refractivity contribution >= 4 is 99.5 Å². The van der Waals surface area contributed by atoms with Gasteiger partial charge in [-0.2, -0.15) is 0 Å². The molecule has 0 bridgehead atoms. The molecule has 0 atom stereocenters. The lowest BCUT2D eigenvalue weighted by atomic mass is 10.0. The van der Waals surface area contributed by atoms with Crippen molar-refractivity contribution in [3.8, 4) is 0 Å². The van der Waals surface area contributed by atoms with Crippen molar-refractivity contribution in [3.63, 3.8) is 0 Å². The molecule has 2 heterocycles. The molecule has 0 aliphatic rings. The van der Waals surface area contributed by atoms with E-state index >= 15 is 0 Å². The summed E-state index contributed by atoms with van der Waals surface area (Å²) in [7, 11) is 0. The van der Waals surface area contributed by atoms with Crippen LogP contribution in [0.5, 0.6) is 0 Å². The largest absolute Gasteiger partial charge is 0.456 e. The van der Waals surface area contributed by atoms with Gasteiger partial charge in [-0.15, -0.1) is 0 Å². The van der Waals surface area contributed by atoms with Crippen LogP contribution in [0.2, 0.25) is 0 Å². The van der Waals surface area contributed by atoms with Gasteiger partial charge >= 0.3 is 0 Å². The van der Waals surface area contributed by atoms with Crippen molar-refractivity contribution in [1.82, 2.24) is 0 Å². The standard InChI is InChI=1S/C55H42N2O2/c1-33-14-6-10-18-48(33)56(49-19-11-7-15-34(49)2)42-24-22-38-28-44-46-32-47-45-29-39-23-25-43(57(50-20-12-8-16-35(50)3)51-21-13-9-17-36(51)4)27-41(39)31-53(45)59-55(47)37(5)54(46)58-52(44)30-40(38)26-42/h6-32H,1-5H3. The lowest BCUT2D eigenvalue weighted by Crippen LogP contribution is -2.12. The van der Waals surface area contributed by atoms with Crippen molar-refractivity contribution in [3.05, 3.63) is 192 Å². The quantitative estimate of drug-likeness (QED) is 0.169. The minimum atomic E-state index is 0.863. The van der Waals surface area contributed by atoms with Gasteiger partial charge in [0.2, 0.25) is 0 Å². The van der Waals surface area contributed by atoms with E-state index in [1.54, 1.807) is 0 Å². The zero-order chi connectivity index (χ0) is 39.9. The Morgan fingerprint density at radius 1 is 0.322 bits per heavy atom. The van der Waals surface area contributed by atoms with Crippen LogP contribution in [0.3, 0.4) is 0 Å². The van der Waals surface area contributed by atoms with E-state index in [9.17, 15) is 0 Å². The highest BCUT2D eigenvalue weighted by molar-refractivity contribution is 6.20. The molecule has 0 saturated carbocycles. The van der Waals surface area contributed by atoms with Crippen LogP contribution >= 0.6 is 0 Å². The van der Waals surface area contributed by atoms with Gasteiger partial charge in [0.25, 0.3) is 0 Å². The van der Waals surface area contributed by atoms with Gasteiger partial charge in [-0.25, -0.2) is 0 Å². The van der Waals surface area contributed by atoms with Crippen LogP contribution in [0.4, 0.5) is 34.1 Å². The molecule has 0 radical (unpaired) electrons. The maximum Gasteiger partial charge on any atom is 0.142 e. The Labute approximate surface area is 343 Å². The van der Waals surface area contributed by atoms with Crippen LogP contribution in [0.15, 0.2) is 173 Å². The van der Waals surface area contributed by atoms with E-state index in [0.717, 1.165) is 94.3 Å². The molecule has 0 fully saturated rings. The molecule has 0 unspecified atom stereocenters. The maximum atomic E-state index is 6.75. The predicted octanol–water partition coefficient (Wildman–Crippen LogP) is 16.3. The van der Waals surface area contributed by atoms with Crippen LogP contribution in [-0.4, -0.2) is 0 Å².